The normalized spacial score (nSPS) is 11.5. The summed E-state index contributed by atoms with van der Waals surface area (Å²) < 4.78 is 14.0. The molecule has 0 saturated heterocycles. The van der Waals surface area contributed by atoms with Gasteiger partial charge in [-0.15, -0.1) is 11.3 Å². The lowest BCUT2D eigenvalue weighted by Gasteiger charge is -2.24. The van der Waals surface area contributed by atoms with Gasteiger partial charge in [0.05, 0.1) is 0 Å². The molecule has 1 aromatic carbocycles. The quantitative estimate of drug-likeness (QED) is 0.755. The average molecular weight is 327 g/mol. The van der Waals surface area contributed by atoms with Gasteiger partial charge in [-0.1, -0.05) is 23.7 Å². The highest BCUT2D eigenvalue weighted by molar-refractivity contribution is 7.09. The van der Waals surface area contributed by atoms with E-state index < -0.39 is 0 Å². The van der Waals surface area contributed by atoms with Crippen LogP contribution in [0.5, 0.6) is 0 Å². The van der Waals surface area contributed by atoms with Gasteiger partial charge in [-0.2, -0.15) is 0 Å². The van der Waals surface area contributed by atoms with Crippen molar-refractivity contribution in [2.24, 2.45) is 0 Å². The van der Waals surface area contributed by atoms with E-state index in [1.807, 2.05) is 20.2 Å². The zero-order valence-electron chi connectivity index (χ0n) is 12.4. The van der Waals surface area contributed by atoms with Gasteiger partial charge >= 0.3 is 0 Å². The van der Waals surface area contributed by atoms with Gasteiger partial charge in [0.15, 0.2) is 0 Å². The summed E-state index contributed by atoms with van der Waals surface area (Å²) >= 11 is 7.87. The molecule has 0 atom stereocenters. The van der Waals surface area contributed by atoms with Crippen LogP contribution in [-0.2, 0) is 13.1 Å². The molecule has 21 heavy (non-hydrogen) atoms. The molecule has 2 rings (SSSR count). The second-order valence-corrected chi connectivity index (χ2v) is 6.73. The molecular weight excluding hydrogens is 307 g/mol. The van der Waals surface area contributed by atoms with Crippen LogP contribution in [0.1, 0.15) is 10.4 Å². The Bertz CT molecular complexity index is 537. The van der Waals surface area contributed by atoms with Crippen LogP contribution in [0.15, 0.2) is 35.7 Å². The fourth-order valence-electron chi connectivity index (χ4n) is 2.09. The maximum Gasteiger partial charge on any atom is 0.129 e. The molecule has 1 heterocycles. The number of rotatable bonds is 7. The average Bonchev–Trinajstić information content (AvgIpc) is 2.93. The van der Waals surface area contributed by atoms with E-state index in [1.165, 1.54) is 10.9 Å². The number of nitrogens with zero attached hydrogens (tertiary/aromatic N) is 2. The number of benzene rings is 1. The van der Waals surface area contributed by atoms with Crippen molar-refractivity contribution < 1.29 is 4.39 Å². The second-order valence-electron chi connectivity index (χ2n) is 5.29. The van der Waals surface area contributed by atoms with Crippen molar-refractivity contribution in [3.63, 3.8) is 0 Å². The van der Waals surface area contributed by atoms with Crippen LogP contribution in [0.3, 0.4) is 0 Å². The van der Waals surface area contributed by atoms with Crippen LogP contribution in [-0.4, -0.2) is 37.0 Å². The van der Waals surface area contributed by atoms with Gasteiger partial charge in [-0.05, 0) is 37.7 Å². The summed E-state index contributed by atoms with van der Waals surface area (Å²) in [6, 6.07) is 9.01. The molecule has 0 N–H and O–H groups in total. The monoisotopic (exact) mass is 326 g/mol. The van der Waals surface area contributed by atoms with Gasteiger partial charge in [0, 0.05) is 41.6 Å². The van der Waals surface area contributed by atoms with E-state index in [-0.39, 0.29) is 5.82 Å². The summed E-state index contributed by atoms with van der Waals surface area (Å²) in [6.45, 7) is 3.14. The maximum absolute atomic E-state index is 14.0. The highest BCUT2D eigenvalue weighted by atomic mass is 35.5. The Morgan fingerprint density at radius 2 is 1.90 bits per heavy atom. The molecule has 5 heteroatoms. The van der Waals surface area contributed by atoms with Crippen molar-refractivity contribution >= 4 is 22.9 Å². The molecule has 0 amide bonds. The van der Waals surface area contributed by atoms with Crippen molar-refractivity contribution in [3.8, 4) is 0 Å². The van der Waals surface area contributed by atoms with E-state index in [2.05, 4.69) is 21.2 Å². The molecule has 1 aromatic heterocycles. The van der Waals surface area contributed by atoms with Gasteiger partial charge in [0.1, 0.15) is 5.82 Å². The van der Waals surface area contributed by atoms with Crippen molar-refractivity contribution in [1.29, 1.82) is 0 Å². The summed E-state index contributed by atoms with van der Waals surface area (Å²) in [4.78, 5) is 5.64. The lowest BCUT2D eigenvalue weighted by atomic mass is 10.2. The molecule has 0 aliphatic carbocycles. The Hall–Kier alpha value is -0.940. The molecule has 0 fully saturated rings. The molecule has 0 unspecified atom stereocenters. The Morgan fingerprint density at radius 1 is 1.10 bits per heavy atom. The van der Waals surface area contributed by atoms with E-state index in [0.717, 1.165) is 19.6 Å². The first-order valence-electron chi connectivity index (χ1n) is 6.88. The summed E-state index contributed by atoms with van der Waals surface area (Å²) in [7, 11) is 4.08. The molecule has 0 bridgehead atoms. The third-order valence-electron chi connectivity index (χ3n) is 3.27. The number of hydrogen-bond acceptors (Lipinski definition) is 3. The zero-order chi connectivity index (χ0) is 15.2. The lowest BCUT2D eigenvalue weighted by molar-refractivity contribution is 0.225. The summed E-state index contributed by atoms with van der Waals surface area (Å²) in [5, 5.41) is 2.56. The molecule has 0 saturated carbocycles. The van der Waals surface area contributed by atoms with Crippen molar-refractivity contribution in [3.05, 3.63) is 57.0 Å². The Labute approximate surface area is 134 Å². The Morgan fingerprint density at radius 3 is 2.52 bits per heavy atom. The van der Waals surface area contributed by atoms with Crippen molar-refractivity contribution in [2.75, 3.05) is 27.2 Å². The topological polar surface area (TPSA) is 6.48 Å². The number of halogens is 2. The van der Waals surface area contributed by atoms with Gasteiger partial charge in [0.25, 0.3) is 0 Å². The predicted molar refractivity (Wildman–Crippen MR) is 88.4 cm³/mol. The first-order valence-corrected chi connectivity index (χ1v) is 8.14. The van der Waals surface area contributed by atoms with Gasteiger partial charge in [-0.25, -0.2) is 4.39 Å². The minimum atomic E-state index is -0.233. The third-order valence-corrected chi connectivity index (χ3v) is 4.48. The molecule has 0 aliphatic heterocycles. The van der Waals surface area contributed by atoms with Crippen LogP contribution in [0.25, 0.3) is 0 Å². The van der Waals surface area contributed by atoms with Crippen LogP contribution in [0.4, 0.5) is 4.39 Å². The van der Waals surface area contributed by atoms with Crippen LogP contribution in [0, 0.1) is 5.82 Å². The number of thiophene rings is 1. The Kier molecular flexibility index (Phi) is 6.18. The smallest absolute Gasteiger partial charge is 0.129 e. The molecule has 2 nitrogen and oxygen atoms in total. The van der Waals surface area contributed by atoms with E-state index >= 15 is 0 Å². The largest absolute Gasteiger partial charge is 0.308 e. The SMILES string of the molecule is CN(C)CCN(Cc1cccs1)Cc1c(F)cccc1Cl. The predicted octanol–water partition coefficient (Wildman–Crippen LogP) is 4.10. The van der Waals surface area contributed by atoms with Crippen LogP contribution in [0.2, 0.25) is 5.02 Å². The van der Waals surface area contributed by atoms with Crippen molar-refractivity contribution in [2.45, 2.75) is 13.1 Å². The molecule has 0 aliphatic rings. The Balaban J connectivity index is 2.11. The van der Waals surface area contributed by atoms with E-state index in [0.29, 0.717) is 17.1 Å². The van der Waals surface area contributed by atoms with Crippen molar-refractivity contribution in [1.82, 2.24) is 9.80 Å². The van der Waals surface area contributed by atoms with Crippen LogP contribution >= 0.6 is 22.9 Å². The van der Waals surface area contributed by atoms with E-state index in [9.17, 15) is 4.39 Å². The van der Waals surface area contributed by atoms with Crippen LogP contribution < -0.4 is 0 Å². The minimum Gasteiger partial charge on any atom is -0.308 e. The molecule has 2 aromatic rings. The molecule has 0 radical (unpaired) electrons. The van der Waals surface area contributed by atoms with E-state index in [4.69, 9.17) is 11.6 Å². The third kappa shape index (κ3) is 5.08. The molecule has 114 valence electrons. The molecule has 0 spiro atoms. The highest BCUT2D eigenvalue weighted by Gasteiger charge is 2.13. The first-order chi connectivity index (χ1) is 10.1. The second kappa shape index (κ2) is 7.90. The standard InChI is InChI=1S/C16H20ClFN2S/c1-19(2)8-9-20(11-13-5-4-10-21-13)12-14-15(17)6-3-7-16(14)18/h3-7,10H,8-9,11-12H2,1-2H3. The van der Waals surface area contributed by atoms with Gasteiger partial charge < -0.3 is 4.90 Å². The van der Waals surface area contributed by atoms with E-state index in [1.54, 1.807) is 23.5 Å². The highest BCUT2D eigenvalue weighted by Crippen LogP contribution is 2.22. The summed E-state index contributed by atoms with van der Waals surface area (Å²) in [6.07, 6.45) is 0. The maximum atomic E-state index is 14.0. The van der Waals surface area contributed by atoms with Gasteiger partial charge in [0.2, 0.25) is 0 Å². The fourth-order valence-corrected chi connectivity index (χ4v) is 3.05. The minimum absolute atomic E-state index is 0.233. The zero-order valence-corrected chi connectivity index (χ0v) is 13.9. The number of likely N-dealkylation sites (N-methyl/N-ethyl adjacent to an activating group) is 1. The first kappa shape index (κ1) is 16.4. The number of hydrogen-bond donors (Lipinski definition) is 0. The van der Waals surface area contributed by atoms with Gasteiger partial charge in [-0.3, -0.25) is 4.90 Å². The summed E-state index contributed by atoms with van der Waals surface area (Å²) in [5.74, 6) is -0.233. The molecular formula is C16H20ClFN2S. The lowest BCUT2D eigenvalue weighted by Crippen LogP contribution is -2.31. The fraction of sp³-hybridized carbons (Fsp3) is 0.375. The summed E-state index contributed by atoms with van der Waals surface area (Å²) in [5.41, 5.74) is 0.578.